The number of aromatic amines is 1. The van der Waals surface area contributed by atoms with Gasteiger partial charge in [0.25, 0.3) is 0 Å². The minimum Gasteiger partial charge on any atom is -0.462 e. The summed E-state index contributed by atoms with van der Waals surface area (Å²) in [5, 5.41) is 1.60. The van der Waals surface area contributed by atoms with Gasteiger partial charge in [-0.05, 0) is 31.5 Å². The van der Waals surface area contributed by atoms with E-state index >= 15 is 0 Å². The molecule has 0 bridgehead atoms. The summed E-state index contributed by atoms with van der Waals surface area (Å²) in [5.41, 5.74) is 2.89. The van der Waals surface area contributed by atoms with Crippen molar-refractivity contribution in [2.45, 2.75) is 33.3 Å². The average molecular weight is 384 g/mol. The minimum absolute atomic E-state index is 0.191. The van der Waals surface area contributed by atoms with Crippen molar-refractivity contribution in [3.05, 3.63) is 41.2 Å². The maximum Gasteiger partial charge on any atom is 0.357 e. The molecule has 0 aliphatic heterocycles. The van der Waals surface area contributed by atoms with Gasteiger partial charge in [0.1, 0.15) is 0 Å². The van der Waals surface area contributed by atoms with Gasteiger partial charge in [-0.1, -0.05) is 13.3 Å². The average Bonchev–Trinajstić information content (AvgIpc) is 3.06. The van der Waals surface area contributed by atoms with E-state index in [-0.39, 0.29) is 24.9 Å². The van der Waals surface area contributed by atoms with Gasteiger partial charge in [-0.2, -0.15) is 0 Å². The second-order valence-corrected chi connectivity index (χ2v) is 6.40. The van der Waals surface area contributed by atoms with Gasteiger partial charge in [0.05, 0.1) is 37.1 Å². The molecule has 1 aromatic carbocycles. The molecule has 2 aromatic heterocycles. The number of benzene rings is 1. The topological polar surface area (TPSA) is 90.5 Å². The summed E-state index contributed by atoms with van der Waals surface area (Å²) in [5.74, 6) is -0.862. The fourth-order valence-electron chi connectivity index (χ4n) is 3.14. The highest BCUT2D eigenvalue weighted by Gasteiger charge is 2.21. The molecule has 0 aliphatic carbocycles. The number of pyridine rings is 1. The zero-order valence-corrected chi connectivity index (χ0v) is 16.3. The molecule has 0 aliphatic rings. The zero-order chi connectivity index (χ0) is 20.1. The molecule has 0 atom stereocenters. The van der Waals surface area contributed by atoms with E-state index in [1.165, 1.54) is 0 Å². The number of esters is 2. The molecule has 28 heavy (non-hydrogen) atoms. The van der Waals surface area contributed by atoms with E-state index in [1.54, 1.807) is 32.4 Å². The van der Waals surface area contributed by atoms with E-state index in [9.17, 15) is 9.59 Å². The Kier molecular flexibility index (Phi) is 6.26. The molecule has 1 N–H and O–H groups in total. The van der Waals surface area contributed by atoms with Crippen LogP contribution >= 0.6 is 0 Å². The number of carbonyl (C=O) groups is 2. The van der Waals surface area contributed by atoms with Gasteiger partial charge in [0.15, 0.2) is 5.69 Å². The van der Waals surface area contributed by atoms with Gasteiger partial charge in [-0.25, -0.2) is 14.6 Å². The summed E-state index contributed by atoms with van der Waals surface area (Å²) < 4.78 is 15.8. The minimum atomic E-state index is -0.499. The molecule has 7 nitrogen and oxygen atoms in total. The van der Waals surface area contributed by atoms with Crippen molar-refractivity contribution < 1.29 is 23.8 Å². The predicted octanol–water partition coefficient (Wildman–Crippen LogP) is 4.00. The monoisotopic (exact) mass is 384 g/mol. The third kappa shape index (κ3) is 3.84. The highest BCUT2D eigenvalue weighted by molar-refractivity contribution is 6.12. The highest BCUT2D eigenvalue weighted by Crippen LogP contribution is 2.31. The summed E-state index contributed by atoms with van der Waals surface area (Å²) in [7, 11) is 1.55. The van der Waals surface area contributed by atoms with Crippen LogP contribution in [0.3, 0.4) is 0 Å². The molecule has 0 amide bonds. The Balaban J connectivity index is 2.13. The van der Waals surface area contributed by atoms with Crippen molar-refractivity contribution >= 4 is 33.7 Å². The van der Waals surface area contributed by atoms with Crippen LogP contribution in [-0.4, -0.2) is 42.2 Å². The molecule has 3 aromatic rings. The van der Waals surface area contributed by atoms with Crippen molar-refractivity contribution in [2.75, 3.05) is 20.3 Å². The van der Waals surface area contributed by atoms with E-state index in [0.29, 0.717) is 17.7 Å². The lowest BCUT2D eigenvalue weighted by molar-refractivity contribution is 0.0495. The first-order valence-corrected chi connectivity index (χ1v) is 9.37. The molecule has 0 spiro atoms. The standard InChI is InChI=1S/C21H24N2O5/c1-4-6-9-28-20(24)13-7-8-16-14(10-13)18-15(12-26-3)19(21(25)27-5-2)22-11-17(18)23-16/h7-8,10-11,23H,4-6,9,12H2,1-3H3. The van der Waals surface area contributed by atoms with Crippen LogP contribution in [0.2, 0.25) is 0 Å². The lowest BCUT2D eigenvalue weighted by Gasteiger charge is -2.09. The van der Waals surface area contributed by atoms with Crippen molar-refractivity contribution in [1.82, 2.24) is 9.97 Å². The fraction of sp³-hybridized carbons (Fsp3) is 0.381. The summed E-state index contributed by atoms with van der Waals surface area (Å²) in [4.78, 5) is 32.2. The van der Waals surface area contributed by atoms with Crippen molar-refractivity contribution in [3.63, 3.8) is 0 Å². The van der Waals surface area contributed by atoms with Crippen molar-refractivity contribution in [2.24, 2.45) is 0 Å². The molecular formula is C21H24N2O5. The maximum absolute atomic E-state index is 12.3. The Morgan fingerprint density at radius 1 is 1.11 bits per heavy atom. The number of ether oxygens (including phenoxy) is 3. The largest absolute Gasteiger partial charge is 0.462 e. The van der Waals surface area contributed by atoms with E-state index in [2.05, 4.69) is 9.97 Å². The van der Waals surface area contributed by atoms with Crippen LogP contribution in [0.5, 0.6) is 0 Å². The normalized spacial score (nSPS) is 11.1. The second kappa shape index (κ2) is 8.84. The number of aromatic nitrogens is 2. The quantitative estimate of drug-likeness (QED) is 0.466. The number of methoxy groups -OCH3 is 1. The first kappa shape index (κ1) is 19.8. The Morgan fingerprint density at radius 2 is 1.93 bits per heavy atom. The van der Waals surface area contributed by atoms with Crippen LogP contribution < -0.4 is 0 Å². The number of nitrogens with zero attached hydrogens (tertiary/aromatic N) is 1. The zero-order valence-electron chi connectivity index (χ0n) is 16.3. The number of carbonyl (C=O) groups excluding carboxylic acids is 2. The summed E-state index contributed by atoms with van der Waals surface area (Å²) in [6.45, 7) is 4.63. The van der Waals surface area contributed by atoms with Crippen LogP contribution in [0.15, 0.2) is 24.4 Å². The van der Waals surface area contributed by atoms with E-state index in [1.807, 2.05) is 13.0 Å². The number of rotatable bonds is 8. The molecule has 0 fully saturated rings. The van der Waals surface area contributed by atoms with Crippen molar-refractivity contribution in [1.29, 1.82) is 0 Å². The Bertz CT molecular complexity index is 1010. The van der Waals surface area contributed by atoms with Crippen LogP contribution in [-0.2, 0) is 20.8 Å². The highest BCUT2D eigenvalue weighted by atomic mass is 16.5. The second-order valence-electron chi connectivity index (χ2n) is 6.40. The van der Waals surface area contributed by atoms with Gasteiger partial charge in [0, 0.05) is 29.0 Å². The van der Waals surface area contributed by atoms with Crippen LogP contribution in [0, 0.1) is 0 Å². The summed E-state index contributed by atoms with van der Waals surface area (Å²) in [6, 6.07) is 5.32. The van der Waals surface area contributed by atoms with Crippen LogP contribution in [0.4, 0.5) is 0 Å². The Hall–Kier alpha value is -2.93. The number of nitrogens with one attached hydrogen (secondary N) is 1. The molecule has 0 saturated carbocycles. The van der Waals surface area contributed by atoms with Gasteiger partial charge >= 0.3 is 11.9 Å². The van der Waals surface area contributed by atoms with E-state index in [0.717, 1.165) is 34.6 Å². The SMILES string of the molecule is CCCCOC(=O)c1ccc2[nH]c3cnc(C(=O)OCC)c(COC)c3c2c1. The maximum atomic E-state index is 12.3. The lowest BCUT2D eigenvalue weighted by atomic mass is 10.0. The third-order valence-electron chi connectivity index (χ3n) is 4.46. The van der Waals surface area contributed by atoms with E-state index in [4.69, 9.17) is 14.2 Å². The number of hydrogen-bond acceptors (Lipinski definition) is 6. The smallest absolute Gasteiger partial charge is 0.357 e. The Labute approximate surface area is 163 Å². The van der Waals surface area contributed by atoms with Gasteiger partial charge in [0.2, 0.25) is 0 Å². The number of fused-ring (bicyclic) bond motifs is 3. The number of H-pyrrole nitrogens is 1. The van der Waals surface area contributed by atoms with Crippen LogP contribution in [0.25, 0.3) is 21.8 Å². The lowest BCUT2D eigenvalue weighted by Crippen LogP contribution is -2.11. The first-order valence-electron chi connectivity index (χ1n) is 9.37. The number of hydrogen-bond donors (Lipinski definition) is 1. The Morgan fingerprint density at radius 3 is 2.64 bits per heavy atom. The molecule has 2 heterocycles. The van der Waals surface area contributed by atoms with Gasteiger partial charge in [-0.3, -0.25) is 0 Å². The summed E-state index contributed by atoms with van der Waals surface area (Å²) >= 11 is 0. The number of unbranched alkanes of at least 4 members (excludes halogenated alkanes) is 1. The molecular weight excluding hydrogens is 360 g/mol. The molecule has 0 radical (unpaired) electrons. The predicted molar refractivity (Wildman–Crippen MR) is 105 cm³/mol. The van der Waals surface area contributed by atoms with Crippen LogP contribution in [0.1, 0.15) is 53.1 Å². The molecule has 3 rings (SSSR count). The molecule has 7 heteroatoms. The molecule has 148 valence electrons. The summed E-state index contributed by atoms with van der Waals surface area (Å²) in [6.07, 6.45) is 3.38. The van der Waals surface area contributed by atoms with E-state index < -0.39 is 5.97 Å². The van der Waals surface area contributed by atoms with Gasteiger partial charge < -0.3 is 19.2 Å². The molecule has 0 unspecified atom stereocenters. The van der Waals surface area contributed by atoms with Crippen molar-refractivity contribution in [3.8, 4) is 0 Å². The third-order valence-corrected chi connectivity index (χ3v) is 4.46. The van der Waals surface area contributed by atoms with Gasteiger partial charge in [-0.15, -0.1) is 0 Å². The molecule has 0 saturated heterocycles. The first-order chi connectivity index (χ1) is 13.6. The fourth-order valence-corrected chi connectivity index (χ4v) is 3.14.